The minimum absolute atomic E-state index is 0.140. The highest BCUT2D eigenvalue weighted by Gasteiger charge is 2.30. The van der Waals surface area contributed by atoms with E-state index < -0.39 is 17.8 Å². The molecule has 1 saturated heterocycles. The van der Waals surface area contributed by atoms with Gasteiger partial charge in [-0.25, -0.2) is 4.39 Å². The Morgan fingerprint density at radius 3 is 2.95 bits per heavy atom. The van der Waals surface area contributed by atoms with E-state index in [4.69, 9.17) is 20.9 Å². The van der Waals surface area contributed by atoms with Crippen LogP contribution in [0.1, 0.15) is 0 Å². The molecule has 6 nitrogen and oxygen atoms in total. The van der Waals surface area contributed by atoms with Gasteiger partial charge in [-0.2, -0.15) is 0 Å². The van der Waals surface area contributed by atoms with Crippen LogP contribution < -0.4 is 21.1 Å². The number of carbonyl (C=O) groups is 1. The van der Waals surface area contributed by atoms with Crippen LogP contribution in [0, 0.1) is 5.82 Å². The van der Waals surface area contributed by atoms with E-state index in [-0.39, 0.29) is 18.0 Å². The Balaban J connectivity index is 2.41. The number of nitrogens with two attached hydrogens (primary N) is 2. The van der Waals surface area contributed by atoms with Gasteiger partial charge >= 0.3 is 0 Å². The van der Waals surface area contributed by atoms with Gasteiger partial charge in [-0.1, -0.05) is 0 Å². The van der Waals surface area contributed by atoms with E-state index in [1.165, 1.54) is 19.2 Å². The highest BCUT2D eigenvalue weighted by atomic mass is 19.1. The number of hydrogen-bond donors (Lipinski definition) is 2. The summed E-state index contributed by atoms with van der Waals surface area (Å²) >= 11 is 0. The predicted octanol–water partition coefficient (Wildman–Crippen LogP) is 0.107. The van der Waals surface area contributed by atoms with E-state index in [9.17, 15) is 9.18 Å². The third-order valence-electron chi connectivity index (χ3n) is 3.07. The number of morpholine rings is 1. The van der Waals surface area contributed by atoms with Crippen LogP contribution in [0.3, 0.4) is 0 Å². The second kappa shape index (κ2) is 5.31. The van der Waals surface area contributed by atoms with Gasteiger partial charge < -0.3 is 25.8 Å². The lowest BCUT2D eigenvalue weighted by molar-refractivity contribution is -0.121. The van der Waals surface area contributed by atoms with Gasteiger partial charge in [0, 0.05) is 18.7 Å². The van der Waals surface area contributed by atoms with Crippen LogP contribution in [0.4, 0.5) is 15.8 Å². The number of rotatable bonds is 3. The van der Waals surface area contributed by atoms with Crippen molar-refractivity contribution in [2.45, 2.75) is 6.04 Å². The largest absolute Gasteiger partial charge is 0.495 e. The Morgan fingerprint density at radius 1 is 1.58 bits per heavy atom. The van der Waals surface area contributed by atoms with Crippen molar-refractivity contribution in [1.29, 1.82) is 0 Å². The summed E-state index contributed by atoms with van der Waals surface area (Å²) in [7, 11) is 1.44. The van der Waals surface area contributed by atoms with Crippen molar-refractivity contribution in [1.82, 2.24) is 0 Å². The monoisotopic (exact) mass is 269 g/mol. The molecule has 1 aliphatic rings. The molecule has 0 aromatic heterocycles. The van der Waals surface area contributed by atoms with E-state index in [0.29, 0.717) is 18.9 Å². The number of carbonyl (C=O) groups excluding carboxylic acids is 1. The lowest BCUT2D eigenvalue weighted by atomic mass is 10.1. The Morgan fingerprint density at radius 2 is 2.32 bits per heavy atom. The molecule has 2 rings (SSSR count). The molecule has 1 aromatic carbocycles. The standard InChI is InChI=1S/C12H16FN3O3/c1-18-11-5-9(7(13)4-8(11)14)16-2-3-19-6-10(16)12(15)17/h4-5,10H,2-3,6,14H2,1H3,(H2,15,17). The summed E-state index contributed by atoms with van der Waals surface area (Å²) in [6, 6.07) is 1.93. The quantitative estimate of drug-likeness (QED) is 0.760. The summed E-state index contributed by atoms with van der Waals surface area (Å²) in [6.07, 6.45) is 0. The fourth-order valence-corrected chi connectivity index (χ4v) is 2.08. The zero-order valence-corrected chi connectivity index (χ0v) is 10.6. The Kier molecular flexibility index (Phi) is 3.75. The van der Waals surface area contributed by atoms with Gasteiger partial charge in [0.1, 0.15) is 17.6 Å². The van der Waals surface area contributed by atoms with Crippen LogP contribution >= 0.6 is 0 Å². The molecule has 0 aliphatic carbocycles. The van der Waals surface area contributed by atoms with Gasteiger partial charge in [0.25, 0.3) is 0 Å². The van der Waals surface area contributed by atoms with Crippen molar-refractivity contribution in [3.8, 4) is 5.75 Å². The van der Waals surface area contributed by atoms with E-state index >= 15 is 0 Å². The zero-order chi connectivity index (χ0) is 14.0. The summed E-state index contributed by atoms with van der Waals surface area (Å²) in [4.78, 5) is 13.0. The molecule has 104 valence electrons. The van der Waals surface area contributed by atoms with Gasteiger partial charge in [-0.3, -0.25) is 4.79 Å². The van der Waals surface area contributed by atoms with Gasteiger partial charge in [0.2, 0.25) is 5.91 Å². The number of nitrogen functional groups attached to an aromatic ring is 1. The van der Waals surface area contributed by atoms with Crippen LogP contribution in [0.25, 0.3) is 0 Å². The topological polar surface area (TPSA) is 90.8 Å². The summed E-state index contributed by atoms with van der Waals surface area (Å²) in [5, 5.41) is 0. The molecule has 0 saturated carbocycles. The Bertz CT molecular complexity index is 495. The lowest BCUT2D eigenvalue weighted by Gasteiger charge is -2.35. The number of methoxy groups -OCH3 is 1. The van der Waals surface area contributed by atoms with E-state index in [1.807, 2.05) is 0 Å². The number of primary amides is 1. The number of hydrogen-bond acceptors (Lipinski definition) is 5. The first-order chi connectivity index (χ1) is 9.04. The van der Waals surface area contributed by atoms with Crippen LogP contribution in [0.5, 0.6) is 5.75 Å². The number of ether oxygens (including phenoxy) is 2. The van der Waals surface area contributed by atoms with Gasteiger partial charge in [0.05, 0.1) is 31.7 Å². The van der Waals surface area contributed by atoms with E-state index in [1.54, 1.807) is 4.90 Å². The maximum atomic E-state index is 14.0. The van der Waals surface area contributed by atoms with Crippen LogP contribution in [-0.4, -0.2) is 38.8 Å². The number of anilines is 2. The highest BCUT2D eigenvalue weighted by molar-refractivity contribution is 5.84. The highest BCUT2D eigenvalue weighted by Crippen LogP contribution is 2.32. The van der Waals surface area contributed by atoms with Crippen molar-refractivity contribution in [3.05, 3.63) is 17.9 Å². The molecule has 0 spiro atoms. The minimum atomic E-state index is -0.698. The Labute approximate surface area is 110 Å². The summed E-state index contributed by atoms with van der Waals surface area (Å²) in [5.41, 5.74) is 11.4. The first kappa shape index (κ1) is 13.4. The fraction of sp³-hybridized carbons (Fsp3) is 0.417. The fourth-order valence-electron chi connectivity index (χ4n) is 2.08. The number of amides is 1. The molecule has 1 amide bonds. The second-order valence-corrected chi connectivity index (χ2v) is 4.23. The summed E-state index contributed by atoms with van der Waals surface area (Å²) in [5.74, 6) is -0.729. The predicted molar refractivity (Wildman–Crippen MR) is 68.5 cm³/mol. The van der Waals surface area contributed by atoms with Gasteiger partial charge in [-0.15, -0.1) is 0 Å². The first-order valence-corrected chi connectivity index (χ1v) is 5.81. The van der Waals surface area contributed by atoms with Crippen LogP contribution in [-0.2, 0) is 9.53 Å². The SMILES string of the molecule is COc1cc(N2CCOCC2C(N)=O)c(F)cc1N. The van der Waals surface area contributed by atoms with Crippen molar-refractivity contribution in [2.24, 2.45) is 5.73 Å². The van der Waals surface area contributed by atoms with Crippen molar-refractivity contribution in [3.63, 3.8) is 0 Å². The molecule has 1 heterocycles. The minimum Gasteiger partial charge on any atom is -0.495 e. The van der Waals surface area contributed by atoms with E-state index in [2.05, 4.69) is 0 Å². The molecule has 0 radical (unpaired) electrons. The van der Waals surface area contributed by atoms with Crippen molar-refractivity contribution < 1.29 is 18.7 Å². The number of benzene rings is 1. The molecular formula is C12H16FN3O3. The third kappa shape index (κ3) is 2.55. The molecule has 1 unspecified atom stereocenters. The molecule has 4 N–H and O–H groups in total. The molecule has 1 atom stereocenters. The summed E-state index contributed by atoms with van der Waals surface area (Å²) in [6.45, 7) is 0.912. The van der Waals surface area contributed by atoms with Crippen LogP contribution in [0.15, 0.2) is 12.1 Å². The van der Waals surface area contributed by atoms with Crippen molar-refractivity contribution >= 4 is 17.3 Å². The molecule has 0 bridgehead atoms. The zero-order valence-electron chi connectivity index (χ0n) is 10.6. The van der Waals surface area contributed by atoms with Crippen LogP contribution in [0.2, 0.25) is 0 Å². The van der Waals surface area contributed by atoms with Gasteiger partial charge in [0.15, 0.2) is 0 Å². The maximum absolute atomic E-state index is 14.0. The smallest absolute Gasteiger partial charge is 0.242 e. The maximum Gasteiger partial charge on any atom is 0.242 e. The average Bonchev–Trinajstić information content (AvgIpc) is 2.39. The first-order valence-electron chi connectivity index (χ1n) is 5.81. The Hall–Kier alpha value is -2.02. The third-order valence-corrected chi connectivity index (χ3v) is 3.07. The number of nitrogens with zero attached hydrogens (tertiary/aromatic N) is 1. The number of halogens is 1. The van der Waals surface area contributed by atoms with Crippen molar-refractivity contribution in [2.75, 3.05) is 37.5 Å². The van der Waals surface area contributed by atoms with E-state index in [0.717, 1.165) is 0 Å². The molecule has 1 aliphatic heterocycles. The van der Waals surface area contributed by atoms with Gasteiger partial charge in [-0.05, 0) is 0 Å². The lowest BCUT2D eigenvalue weighted by Crippen LogP contribution is -2.53. The molecule has 1 fully saturated rings. The molecular weight excluding hydrogens is 253 g/mol. The molecule has 7 heteroatoms. The summed E-state index contributed by atoms with van der Waals surface area (Å²) < 4.78 is 24.3. The molecule has 1 aromatic rings. The average molecular weight is 269 g/mol. The normalized spacial score (nSPS) is 19.3. The second-order valence-electron chi connectivity index (χ2n) is 4.23. The molecule has 19 heavy (non-hydrogen) atoms.